The summed E-state index contributed by atoms with van der Waals surface area (Å²) in [6, 6.07) is 7.62. The van der Waals surface area contributed by atoms with Crippen LogP contribution in [0.1, 0.15) is 5.56 Å². The highest BCUT2D eigenvalue weighted by Gasteiger charge is 1.88. The Bertz CT molecular complexity index is 314. The fraction of sp³-hybridized carbons (Fsp3) is 0.100. The first kappa shape index (κ1) is 9.86. The first-order valence-corrected chi connectivity index (χ1v) is 4.98. The molecule has 0 saturated heterocycles. The van der Waals surface area contributed by atoms with Gasteiger partial charge in [-0.05, 0) is 30.0 Å². The summed E-state index contributed by atoms with van der Waals surface area (Å²) >= 11 is 1.65. The Balaban J connectivity index is 2.75. The van der Waals surface area contributed by atoms with E-state index in [1.165, 1.54) is 6.08 Å². The third-order valence-corrected chi connectivity index (χ3v) is 2.27. The molecule has 0 unspecified atom stereocenters. The molecule has 0 saturated carbocycles. The fourth-order valence-corrected chi connectivity index (χ4v) is 1.29. The van der Waals surface area contributed by atoms with Gasteiger partial charge in [0.2, 0.25) is 0 Å². The number of benzene rings is 1. The van der Waals surface area contributed by atoms with Gasteiger partial charge in [-0.2, -0.15) is 0 Å². The summed E-state index contributed by atoms with van der Waals surface area (Å²) in [5, 5.41) is 10.1. The van der Waals surface area contributed by atoms with E-state index >= 15 is 0 Å². The molecule has 2 nitrogen and oxygen atoms in total. The Morgan fingerprint density at radius 2 is 2.00 bits per heavy atom. The minimum atomic E-state index is -1.17. The van der Waals surface area contributed by atoms with Gasteiger partial charge in [0.1, 0.15) is 0 Å². The van der Waals surface area contributed by atoms with Crippen LogP contribution in [0.25, 0.3) is 6.08 Å². The Morgan fingerprint density at radius 1 is 1.38 bits per heavy atom. The Kier molecular flexibility index (Phi) is 3.58. The zero-order chi connectivity index (χ0) is 9.68. The standard InChI is InChI=1S/C10H10O2S/c1-13-9-5-2-8(3-6-9)4-7-10(11)12/h2-7H,1H3,(H,11,12)/p-1/b7-4-. The van der Waals surface area contributed by atoms with Crippen molar-refractivity contribution >= 4 is 23.8 Å². The van der Waals surface area contributed by atoms with Crippen molar-refractivity contribution in [3.05, 3.63) is 35.9 Å². The summed E-state index contributed by atoms with van der Waals surface area (Å²) in [5.41, 5.74) is 0.863. The minimum absolute atomic E-state index is 0.863. The van der Waals surface area contributed by atoms with Crippen LogP contribution >= 0.6 is 11.8 Å². The molecule has 0 aliphatic carbocycles. The fourth-order valence-electron chi connectivity index (χ4n) is 0.879. The molecule has 0 radical (unpaired) electrons. The molecule has 0 spiro atoms. The molecule has 1 rings (SSSR count). The normalized spacial score (nSPS) is 10.5. The number of thioether (sulfide) groups is 1. The molecule has 0 aliphatic heterocycles. The molecule has 3 heteroatoms. The van der Waals surface area contributed by atoms with Gasteiger partial charge in [0.05, 0.1) is 5.97 Å². The summed E-state index contributed by atoms with van der Waals surface area (Å²) in [6.07, 6.45) is 4.53. The maximum atomic E-state index is 10.1. The van der Waals surface area contributed by atoms with E-state index in [1.807, 2.05) is 30.5 Å². The van der Waals surface area contributed by atoms with Crippen LogP contribution in [-0.2, 0) is 4.79 Å². The van der Waals surface area contributed by atoms with Crippen LogP contribution in [-0.4, -0.2) is 12.2 Å². The molecule has 0 heterocycles. The van der Waals surface area contributed by atoms with Gasteiger partial charge in [0.15, 0.2) is 0 Å². The van der Waals surface area contributed by atoms with Gasteiger partial charge in [-0.15, -0.1) is 11.8 Å². The lowest BCUT2D eigenvalue weighted by Crippen LogP contribution is -2.18. The zero-order valence-corrected chi connectivity index (χ0v) is 8.01. The van der Waals surface area contributed by atoms with Crippen LogP contribution in [0.2, 0.25) is 0 Å². The number of hydrogen-bond acceptors (Lipinski definition) is 3. The predicted molar refractivity (Wildman–Crippen MR) is 52.3 cm³/mol. The molecule has 0 fully saturated rings. The van der Waals surface area contributed by atoms with Gasteiger partial charge in [-0.25, -0.2) is 0 Å². The third kappa shape index (κ3) is 3.34. The van der Waals surface area contributed by atoms with Gasteiger partial charge < -0.3 is 9.90 Å². The molecule has 13 heavy (non-hydrogen) atoms. The van der Waals surface area contributed by atoms with E-state index < -0.39 is 5.97 Å². The SMILES string of the molecule is CSc1ccc(/C=C\C(=O)[O-])cc1. The quantitative estimate of drug-likeness (QED) is 0.534. The highest BCUT2D eigenvalue weighted by molar-refractivity contribution is 7.98. The lowest BCUT2D eigenvalue weighted by atomic mass is 10.2. The second-order valence-corrected chi connectivity index (χ2v) is 3.31. The molecule has 1 aromatic rings. The first-order valence-electron chi connectivity index (χ1n) is 3.75. The van der Waals surface area contributed by atoms with Crippen LogP contribution in [0.4, 0.5) is 0 Å². The van der Waals surface area contributed by atoms with Crippen molar-refractivity contribution in [2.24, 2.45) is 0 Å². The summed E-state index contributed by atoms with van der Waals surface area (Å²) in [7, 11) is 0. The molecular formula is C10H9O2S-. The monoisotopic (exact) mass is 193 g/mol. The van der Waals surface area contributed by atoms with E-state index in [-0.39, 0.29) is 0 Å². The largest absolute Gasteiger partial charge is 0.545 e. The van der Waals surface area contributed by atoms with Gasteiger partial charge in [-0.3, -0.25) is 0 Å². The smallest absolute Gasteiger partial charge is 0.0643 e. The van der Waals surface area contributed by atoms with E-state index in [1.54, 1.807) is 11.8 Å². The molecule has 0 bridgehead atoms. The number of rotatable bonds is 3. The summed E-state index contributed by atoms with van der Waals surface area (Å²) < 4.78 is 0. The molecule has 1 aromatic carbocycles. The number of carbonyl (C=O) groups excluding carboxylic acids is 1. The first-order chi connectivity index (χ1) is 6.22. The van der Waals surface area contributed by atoms with Crippen molar-refractivity contribution in [1.29, 1.82) is 0 Å². The van der Waals surface area contributed by atoms with Crippen molar-refractivity contribution in [2.75, 3.05) is 6.26 Å². The van der Waals surface area contributed by atoms with Gasteiger partial charge in [0, 0.05) is 4.90 Å². The van der Waals surface area contributed by atoms with Crippen LogP contribution in [0.15, 0.2) is 35.2 Å². The van der Waals surface area contributed by atoms with Crippen molar-refractivity contribution in [3.63, 3.8) is 0 Å². The maximum Gasteiger partial charge on any atom is 0.0643 e. The van der Waals surface area contributed by atoms with Crippen LogP contribution in [0, 0.1) is 0 Å². The predicted octanol–water partition coefficient (Wildman–Crippen LogP) is 1.17. The highest BCUT2D eigenvalue weighted by Crippen LogP contribution is 2.15. The average molecular weight is 193 g/mol. The number of carboxylic acid groups (broad SMARTS) is 1. The third-order valence-electron chi connectivity index (χ3n) is 1.53. The van der Waals surface area contributed by atoms with Gasteiger partial charge in [0.25, 0.3) is 0 Å². The van der Waals surface area contributed by atoms with E-state index in [9.17, 15) is 9.90 Å². The summed E-state index contributed by atoms with van der Waals surface area (Å²) in [5.74, 6) is -1.17. The Morgan fingerprint density at radius 3 is 2.46 bits per heavy atom. The topological polar surface area (TPSA) is 40.1 Å². The van der Waals surface area contributed by atoms with Gasteiger partial charge in [-0.1, -0.05) is 18.2 Å². The minimum Gasteiger partial charge on any atom is -0.545 e. The number of aliphatic carboxylic acids is 1. The van der Waals surface area contributed by atoms with E-state index in [0.717, 1.165) is 16.5 Å². The second-order valence-electron chi connectivity index (χ2n) is 2.43. The molecule has 0 atom stereocenters. The van der Waals surface area contributed by atoms with Gasteiger partial charge >= 0.3 is 0 Å². The molecule has 0 aromatic heterocycles. The molecule has 0 N–H and O–H groups in total. The molecule has 68 valence electrons. The summed E-state index contributed by atoms with van der Waals surface area (Å²) in [6.45, 7) is 0. The second kappa shape index (κ2) is 4.72. The van der Waals surface area contributed by atoms with Crippen LogP contribution in [0.3, 0.4) is 0 Å². The molecule has 0 amide bonds. The van der Waals surface area contributed by atoms with Crippen molar-refractivity contribution < 1.29 is 9.90 Å². The Labute approximate surface area is 81.3 Å². The van der Waals surface area contributed by atoms with Crippen LogP contribution in [0.5, 0.6) is 0 Å². The van der Waals surface area contributed by atoms with Crippen LogP contribution < -0.4 is 5.11 Å². The highest BCUT2D eigenvalue weighted by atomic mass is 32.2. The number of carboxylic acids is 1. The zero-order valence-electron chi connectivity index (χ0n) is 7.19. The molecule has 0 aliphatic rings. The average Bonchev–Trinajstić information content (AvgIpc) is 2.15. The van der Waals surface area contributed by atoms with E-state index in [2.05, 4.69) is 0 Å². The number of carbonyl (C=O) groups is 1. The van der Waals surface area contributed by atoms with E-state index in [0.29, 0.717) is 0 Å². The molecular weight excluding hydrogens is 184 g/mol. The van der Waals surface area contributed by atoms with E-state index in [4.69, 9.17) is 0 Å². The lowest BCUT2D eigenvalue weighted by Gasteiger charge is -1.97. The van der Waals surface area contributed by atoms with Crippen molar-refractivity contribution in [3.8, 4) is 0 Å². The summed E-state index contributed by atoms with van der Waals surface area (Å²) in [4.78, 5) is 11.3. The maximum absolute atomic E-state index is 10.1. The lowest BCUT2D eigenvalue weighted by molar-refractivity contribution is -0.297. The number of hydrogen-bond donors (Lipinski definition) is 0. The van der Waals surface area contributed by atoms with Crippen molar-refractivity contribution in [1.82, 2.24) is 0 Å². The van der Waals surface area contributed by atoms with Crippen molar-refractivity contribution in [2.45, 2.75) is 4.90 Å². The Hall–Kier alpha value is -1.22.